The van der Waals surface area contributed by atoms with Gasteiger partial charge in [0.2, 0.25) is 0 Å². The smallest absolute Gasteiger partial charge is 0.376 e. The Hall–Kier alpha value is -2.81. The SMILES string of the molecule is CC1(C)c2cc(OS(=O)(=O)C(F)(F)F)ccc2C(=O)c2ccc(OS(=O)(=O)C(F)(F)F)cc21. The second-order valence-corrected chi connectivity index (χ2v) is 10.4. The maximum Gasteiger partial charge on any atom is 0.534 e. The maximum absolute atomic E-state index is 12.8. The number of carbonyl (C=O) groups is 1. The van der Waals surface area contributed by atoms with Gasteiger partial charge in [-0.25, -0.2) is 0 Å². The molecule has 0 saturated carbocycles. The lowest BCUT2D eigenvalue weighted by atomic mass is 9.68. The minimum absolute atomic E-state index is 0.00861. The van der Waals surface area contributed by atoms with Crippen LogP contribution in [0.5, 0.6) is 11.5 Å². The van der Waals surface area contributed by atoms with E-state index in [4.69, 9.17) is 0 Å². The van der Waals surface area contributed by atoms with Crippen LogP contribution in [0.2, 0.25) is 0 Å². The largest absolute Gasteiger partial charge is 0.534 e. The van der Waals surface area contributed by atoms with E-state index in [1.165, 1.54) is 13.8 Å². The minimum Gasteiger partial charge on any atom is -0.376 e. The Balaban J connectivity index is 2.09. The van der Waals surface area contributed by atoms with Crippen molar-refractivity contribution in [3.63, 3.8) is 0 Å². The van der Waals surface area contributed by atoms with Crippen molar-refractivity contribution < 1.29 is 56.3 Å². The molecule has 2 aromatic carbocycles. The lowest BCUT2D eigenvalue weighted by Gasteiger charge is -2.34. The summed E-state index contributed by atoms with van der Waals surface area (Å²) in [7, 11) is -12.0. The molecule has 0 spiro atoms. The Bertz CT molecular complexity index is 1260. The monoisotopic (exact) mass is 518 g/mol. The minimum atomic E-state index is -6.01. The molecule has 3 rings (SSSR count). The van der Waals surface area contributed by atoms with Gasteiger partial charge in [0.15, 0.2) is 5.78 Å². The van der Waals surface area contributed by atoms with Crippen LogP contribution in [0.3, 0.4) is 0 Å². The Kier molecular flexibility index (Phi) is 5.53. The molecular weight excluding hydrogens is 506 g/mol. The number of benzene rings is 2. The summed E-state index contributed by atoms with van der Waals surface area (Å²) in [5, 5.41) is 0. The zero-order valence-electron chi connectivity index (χ0n) is 16.4. The van der Waals surface area contributed by atoms with Crippen LogP contribution in [0.4, 0.5) is 26.3 Å². The van der Waals surface area contributed by atoms with Gasteiger partial charge in [0, 0.05) is 16.5 Å². The summed E-state index contributed by atoms with van der Waals surface area (Å²) in [6.07, 6.45) is 0. The molecule has 0 bridgehead atoms. The zero-order valence-corrected chi connectivity index (χ0v) is 18.0. The first-order valence-electron chi connectivity index (χ1n) is 8.63. The van der Waals surface area contributed by atoms with Gasteiger partial charge < -0.3 is 8.37 Å². The molecule has 0 heterocycles. The second kappa shape index (κ2) is 7.35. The number of alkyl halides is 6. The van der Waals surface area contributed by atoms with Crippen LogP contribution in [0.15, 0.2) is 36.4 Å². The van der Waals surface area contributed by atoms with Crippen LogP contribution in [0, 0.1) is 0 Å². The van der Waals surface area contributed by atoms with Crippen LogP contribution in [-0.2, 0) is 25.7 Å². The van der Waals surface area contributed by atoms with Crippen molar-refractivity contribution in [2.75, 3.05) is 0 Å². The summed E-state index contributed by atoms with van der Waals surface area (Å²) in [5.41, 5.74) is -12.8. The molecule has 0 unspecified atom stereocenters. The fraction of sp³-hybridized carbons (Fsp3) is 0.278. The number of fused-ring (bicyclic) bond motifs is 2. The van der Waals surface area contributed by atoms with E-state index in [0.717, 1.165) is 36.4 Å². The molecular formula is C18H12F6O7S2. The van der Waals surface area contributed by atoms with Gasteiger partial charge in [-0.15, -0.1) is 0 Å². The highest BCUT2D eigenvalue weighted by atomic mass is 32.2. The molecule has 33 heavy (non-hydrogen) atoms. The Labute approximate surface area is 183 Å². The van der Waals surface area contributed by atoms with Crippen molar-refractivity contribution in [1.29, 1.82) is 0 Å². The van der Waals surface area contributed by atoms with Crippen LogP contribution in [0.25, 0.3) is 0 Å². The molecule has 7 nitrogen and oxygen atoms in total. The molecule has 0 saturated heterocycles. The highest BCUT2D eigenvalue weighted by molar-refractivity contribution is 7.88. The molecule has 0 atom stereocenters. The Morgan fingerprint density at radius 1 is 0.697 bits per heavy atom. The standard InChI is InChI=1S/C18H12F6O7S2/c1-16(2)13-7-9(30-32(26,27)17(19,20)21)3-5-11(13)15(25)12-6-4-10(8-14(12)16)31-33(28,29)18(22,23)24/h3-8H,1-2H3. The van der Waals surface area contributed by atoms with E-state index in [-0.39, 0.29) is 22.3 Å². The molecule has 0 radical (unpaired) electrons. The van der Waals surface area contributed by atoms with E-state index in [2.05, 4.69) is 8.37 Å². The topological polar surface area (TPSA) is 104 Å². The van der Waals surface area contributed by atoms with E-state index in [9.17, 15) is 48.0 Å². The third kappa shape index (κ3) is 4.26. The predicted octanol–water partition coefficient (Wildman–Crippen LogP) is 4.01. The van der Waals surface area contributed by atoms with E-state index in [0.29, 0.717) is 0 Å². The van der Waals surface area contributed by atoms with Crippen LogP contribution in [0.1, 0.15) is 40.9 Å². The van der Waals surface area contributed by atoms with Crippen LogP contribution >= 0.6 is 0 Å². The lowest BCUT2D eigenvalue weighted by molar-refractivity contribution is -0.0504. The van der Waals surface area contributed by atoms with E-state index < -0.39 is 54.0 Å². The lowest BCUT2D eigenvalue weighted by Crippen LogP contribution is -2.32. The van der Waals surface area contributed by atoms with Crippen molar-refractivity contribution in [2.24, 2.45) is 0 Å². The first kappa shape index (κ1) is 24.8. The molecule has 1 aliphatic rings. The van der Waals surface area contributed by atoms with Gasteiger partial charge in [-0.2, -0.15) is 43.2 Å². The van der Waals surface area contributed by atoms with Crippen LogP contribution in [-0.4, -0.2) is 33.6 Å². The Morgan fingerprint density at radius 3 is 1.33 bits per heavy atom. The third-order valence-electron chi connectivity index (χ3n) is 4.80. The zero-order chi connectivity index (χ0) is 25.2. The molecule has 0 amide bonds. The molecule has 0 aromatic heterocycles. The number of carbonyl (C=O) groups excluding carboxylic acids is 1. The van der Waals surface area contributed by atoms with Gasteiger partial charge in [0.25, 0.3) is 0 Å². The first-order valence-corrected chi connectivity index (χ1v) is 11.4. The van der Waals surface area contributed by atoms with Crippen molar-refractivity contribution in [3.05, 3.63) is 58.7 Å². The molecule has 0 fully saturated rings. The molecule has 2 aromatic rings. The highest BCUT2D eigenvalue weighted by Gasteiger charge is 2.50. The summed E-state index contributed by atoms with van der Waals surface area (Å²) in [4.78, 5) is 12.8. The number of ketones is 1. The molecule has 15 heteroatoms. The number of hydrogen-bond acceptors (Lipinski definition) is 7. The van der Waals surface area contributed by atoms with Crippen molar-refractivity contribution >= 4 is 26.0 Å². The van der Waals surface area contributed by atoms with Crippen molar-refractivity contribution in [3.8, 4) is 11.5 Å². The van der Waals surface area contributed by atoms with Gasteiger partial charge in [-0.1, -0.05) is 13.8 Å². The summed E-state index contributed by atoms with van der Waals surface area (Å²) in [5.74, 6) is -2.21. The number of hydrogen-bond donors (Lipinski definition) is 0. The van der Waals surface area contributed by atoms with Gasteiger partial charge in [0.05, 0.1) is 0 Å². The van der Waals surface area contributed by atoms with E-state index in [1.807, 2.05) is 0 Å². The fourth-order valence-electron chi connectivity index (χ4n) is 3.22. The molecule has 0 N–H and O–H groups in total. The molecule has 180 valence electrons. The van der Waals surface area contributed by atoms with Crippen molar-refractivity contribution in [1.82, 2.24) is 0 Å². The van der Waals surface area contributed by atoms with Crippen LogP contribution < -0.4 is 8.37 Å². The summed E-state index contributed by atoms with van der Waals surface area (Å²) in [6, 6.07) is 5.52. The van der Waals surface area contributed by atoms with Gasteiger partial charge >= 0.3 is 31.3 Å². The van der Waals surface area contributed by atoms with E-state index >= 15 is 0 Å². The normalized spacial score (nSPS) is 16.1. The highest BCUT2D eigenvalue weighted by Crippen LogP contribution is 2.44. The fourth-order valence-corrected chi connectivity index (χ4v) is 4.12. The van der Waals surface area contributed by atoms with E-state index in [1.54, 1.807) is 0 Å². The Morgan fingerprint density at radius 2 is 1.03 bits per heavy atom. The van der Waals surface area contributed by atoms with Gasteiger partial charge in [-0.05, 0) is 47.5 Å². The van der Waals surface area contributed by atoms with Gasteiger partial charge in [0.1, 0.15) is 11.5 Å². The average molecular weight is 518 g/mol. The summed E-state index contributed by atoms with van der Waals surface area (Å²) in [6.45, 7) is 2.86. The number of rotatable bonds is 4. The number of halogens is 6. The average Bonchev–Trinajstić information content (AvgIpc) is 2.64. The quantitative estimate of drug-likeness (QED) is 0.342. The predicted molar refractivity (Wildman–Crippen MR) is 99.7 cm³/mol. The van der Waals surface area contributed by atoms with Gasteiger partial charge in [-0.3, -0.25) is 4.79 Å². The van der Waals surface area contributed by atoms with Crippen molar-refractivity contribution in [2.45, 2.75) is 30.3 Å². The third-order valence-corrected chi connectivity index (χ3v) is 6.75. The molecule has 1 aliphatic carbocycles. The second-order valence-electron chi connectivity index (χ2n) is 7.34. The molecule has 0 aliphatic heterocycles. The summed E-state index contributed by atoms with van der Waals surface area (Å²) < 4.78 is 129. The summed E-state index contributed by atoms with van der Waals surface area (Å²) >= 11 is 0. The first-order chi connectivity index (χ1) is 14.8. The maximum atomic E-state index is 12.8.